The Bertz CT molecular complexity index is 572. The van der Waals surface area contributed by atoms with Gasteiger partial charge in [-0.3, -0.25) is 4.99 Å². The molecule has 144 valence electrons. The van der Waals surface area contributed by atoms with Crippen molar-refractivity contribution in [2.24, 2.45) is 16.6 Å². The Morgan fingerprint density at radius 1 is 1.08 bits per heavy atom. The standard InChI is InChI=1S/C20H32FN5/c1-17-7-11-24(12-8-17)10-2-9-23-20(22)26-15-13-25(14-16-26)19-5-3-18(21)4-6-19/h3-6,17H,2,7-16H2,1H3,(H2,22,23). The minimum atomic E-state index is -0.192. The van der Waals surface area contributed by atoms with Crippen LogP contribution in [0.25, 0.3) is 0 Å². The third-order valence-corrected chi connectivity index (χ3v) is 5.58. The second-order valence-electron chi connectivity index (χ2n) is 7.57. The van der Waals surface area contributed by atoms with Gasteiger partial charge in [-0.1, -0.05) is 6.92 Å². The van der Waals surface area contributed by atoms with E-state index in [9.17, 15) is 4.39 Å². The molecule has 0 spiro atoms. The lowest BCUT2D eigenvalue weighted by atomic mass is 9.99. The van der Waals surface area contributed by atoms with E-state index in [1.165, 1.54) is 38.1 Å². The number of halogens is 1. The van der Waals surface area contributed by atoms with E-state index in [-0.39, 0.29) is 5.82 Å². The van der Waals surface area contributed by atoms with Gasteiger partial charge in [0.2, 0.25) is 0 Å². The molecule has 0 atom stereocenters. The van der Waals surface area contributed by atoms with Crippen molar-refractivity contribution in [3.8, 4) is 0 Å². The first kappa shape index (κ1) is 19.0. The van der Waals surface area contributed by atoms with E-state index in [0.29, 0.717) is 5.96 Å². The molecule has 2 aliphatic rings. The van der Waals surface area contributed by atoms with E-state index >= 15 is 0 Å². The Morgan fingerprint density at radius 3 is 2.38 bits per heavy atom. The first-order chi connectivity index (χ1) is 12.6. The molecule has 2 heterocycles. The Hall–Kier alpha value is -1.82. The van der Waals surface area contributed by atoms with Crippen molar-refractivity contribution in [1.82, 2.24) is 9.80 Å². The van der Waals surface area contributed by atoms with Crippen LogP contribution in [0.2, 0.25) is 0 Å². The summed E-state index contributed by atoms with van der Waals surface area (Å²) in [6, 6.07) is 6.70. The first-order valence-electron chi connectivity index (χ1n) is 9.89. The van der Waals surface area contributed by atoms with Crippen LogP contribution >= 0.6 is 0 Å². The molecule has 2 saturated heterocycles. The maximum Gasteiger partial charge on any atom is 0.191 e. The van der Waals surface area contributed by atoms with E-state index < -0.39 is 0 Å². The summed E-state index contributed by atoms with van der Waals surface area (Å²) in [7, 11) is 0. The van der Waals surface area contributed by atoms with Crippen LogP contribution in [0.15, 0.2) is 29.3 Å². The topological polar surface area (TPSA) is 48.1 Å². The van der Waals surface area contributed by atoms with Gasteiger partial charge in [0.15, 0.2) is 5.96 Å². The highest BCUT2D eigenvalue weighted by atomic mass is 19.1. The summed E-state index contributed by atoms with van der Waals surface area (Å²) in [5, 5.41) is 0. The highest BCUT2D eigenvalue weighted by Crippen LogP contribution is 2.17. The van der Waals surface area contributed by atoms with Gasteiger partial charge < -0.3 is 20.4 Å². The van der Waals surface area contributed by atoms with Crippen molar-refractivity contribution >= 4 is 11.6 Å². The zero-order chi connectivity index (χ0) is 18.4. The number of nitrogens with two attached hydrogens (primary N) is 1. The number of piperidine rings is 1. The monoisotopic (exact) mass is 361 g/mol. The third kappa shape index (κ3) is 5.34. The molecule has 2 fully saturated rings. The number of likely N-dealkylation sites (tertiary alicyclic amines) is 1. The van der Waals surface area contributed by atoms with Crippen LogP contribution < -0.4 is 10.6 Å². The van der Waals surface area contributed by atoms with Gasteiger partial charge >= 0.3 is 0 Å². The quantitative estimate of drug-likeness (QED) is 0.497. The van der Waals surface area contributed by atoms with Gasteiger partial charge in [-0.2, -0.15) is 0 Å². The van der Waals surface area contributed by atoms with Crippen molar-refractivity contribution in [3.05, 3.63) is 30.1 Å². The number of anilines is 1. The Kier molecular flexibility index (Phi) is 6.72. The van der Waals surface area contributed by atoms with E-state index in [1.807, 2.05) is 12.1 Å². The minimum absolute atomic E-state index is 0.192. The molecule has 1 aromatic rings. The zero-order valence-electron chi connectivity index (χ0n) is 15.9. The maximum absolute atomic E-state index is 13.0. The molecule has 0 bridgehead atoms. The summed E-state index contributed by atoms with van der Waals surface area (Å²) < 4.78 is 13.0. The van der Waals surface area contributed by atoms with Crippen LogP contribution in [0.1, 0.15) is 26.2 Å². The SMILES string of the molecule is CC1CCN(CCCN=C(N)N2CCN(c3ccc(F)cc3)CC2)CC1. The number of hydrogen-bond acceptors (Lipinski definition) is 3. The third-order valence-electron chi connectivity index (χ3n) is 5.58. The van der Waals surface area contributed by atoms with E-state index in [1.54, 1.807) is 0 Å². The van der Waals surface area contributed by atoms with Gasteiger partial charge in [0.05, 0.1) is 0 Å². The van der Waals surface area contributed by atoms with Gasteiger partial charge in [-0.25, -0.2) is 4.39 Å². The average Bonchev–Trinajstić information content (AvgIpc) is 2.67. The fraction of sp³-hybridized carbons (Fsp3) is 0.650. The molecule has 3 rings (SSSR count). The smallest absolute Gasteiger partial charge is 0.191 e. The second-order valence-corrected chi connectivity index (χ2v) is 7.57. The molecule has 0 aromatic heterocycles. The van der Waals surface area contributed by atoms with Gasteiger partial charge in [0, 0.05) is 38.4 Å². The number of piperazine rings is 1. The molecule has 0 saturated carbocycles. The Morgan fingerprint density at radius 2 is 1.73 bits per heavy atom. The van der Waals surface area contributed by atoms with Crippen LogP contribution in [-0.4, -0.2) is 68.1 Å². The number of guanidine groups is 1. The summed E-state index contributed by atoms with van der Waals surface area (Å²) in [5.74, 6) is 1.35. The van der Waals surface area contributed by atoms with Crippen molar-refractivity contribution in [3.63, 3.8) is 0 Å². The summed E-state index contributed by atoms with van der Waals surface area (Å²) in [6.07, 6.45) is 3.72. The van der Waals surface area contributed by atoms with Crippen LogP contribution in [0.5, 0.6) is 0 Å². The van der Waals surface area contributed by atoms with E-state index in [0.717, 1.165) is 57.3 Å². The maximum atomic E-state index is 13.0. The van der Waals surface area contributed by atoms with Gasteiger partial charge in [-0.05, 0) is 69.1 Å². The number of hydrogen-bond donors (Lipinski definition) is 1. The number of benzene rings is 1. The van der Waals surface area contributed by atoms with Crippen molar-refractivity contribution < 1.29 is 4.39 Å². The summed E-state index contributed by atoms with van der Waals surface area (Å²) in [5.41, 5.74) is 7.25. The summed E-state index contributed by atoms with van der Waals surface area (Å²) >= 11 is 0. The lowest BCUT2D eigenvalue weighted by Crippen LogP contribution is -2.51. The van der Waals surface area contributed by atoms with Crippen LogP contribution in [0.3, 0.4) is 0 Å². The molecule has 0 aliphatic carbocycles. The summed E-state index contributed by atoms with van der Waals surface area (Å²) in [6.45, 7) is 10.2. The lowest BCUT2D eigenvalue weighted by molar-refractivity contribution is 0.191. The molecule has 5 nitrogen and oxygen atoms in total. The van der Waals surface area contributed by atoms with E-state index in [2.05, 4.69) is 26.6 Å². The van der Waals surface area contributed by atoms with E-state index in [4.69, 9.17) is 5.73 Å². The molecule has 26 heavy (non-hydrogen) atoms. The molecular weight excluding hydrogens is 329 g/mol. The van der Waals surface area contributed by atoms with Crippen molar-refractivity contribution in [1.29, 1.82) is 0 Å². The lowest BCUT2D eigenvalue weighted by Gasteiger charge is -2.36. The van der Waals surface area contributed by atoms with Crippen LogP contribution in [0.4, 0.5) is 10.1 Å². The predicted molar refractivity (Wildman–Crippen MR) is 106 cm³/mol. The molecule has 0 radical (unpaired) electrons. The molecule has 2 N–H and O–H groups in total. The van der Waals surface area contributed by atoms with Crippen LogP contribution in [-0.2, 0) is 0 Å². The first-order valence-corrected chi connectivity index (χ1v) is 9.89. The molecule has 1 aromatic carbocycles. The highest BCUT2D eigenvalue weighted by molar-refractivity contribution is 5.78. The van der Waals surface area contributed by atoms with Crippen molar-refractivity contribution in [2.75, 3.05) is 57.3 Å². The molecule has 0 amide bonds. The number of aliphatic imine (C=N–C) groups is 1. The normalized spacial score (nSPS) is 20.6. The molecule has 2 aliphatic heterocycles. The Balaban J connectivity index is 1.37. The zero-order valence-corrected chi connectivity index (χ0v) is 15.9. The fourth-order valence-electron chi connectivity index (χ4n) is 3.72. The number of nitrogens with zero attached hydrogens (tertiary/aromatic N) is 4. The summed E-state index contributed by atoms with van der Waals surface area (Å²) in [4.78, 5) is 11.6. The van der Waals surface area contributed by atoms with Crippen molar-refractivity contribution in [2.45, 2.75) is 26.2 Å². The van der Waals surface area contributed by atoms with Gasteiger partial charge in [0.1, 0.15) is 5.82 Å². The van der Waals surface area contributed by atoms with Crippen LogP contribution in [0, 0.1) is 11.7 Å². The predicted octanol–water partition coefficient (Wildman–Crippen LogP) is 2.38. The van der Waals surface area contributed by atoms with Gasteiger partial charge in [-0.15, -0.1) is 0 Å². The molecule has 0 unspecified atom stereocenters. The van der Waals surface area contributed by atoms with Gasteiger partial charge in [0.25, 0.3) is 0 Å². The fourth-order valence-corrected chi connectivity index (χ4v) is 3.72. The molecular formula is C20H32FN5. The minimum Gasteiger partial charge on any atom is -0.370 e. The largest absolute Gasteiger partial charge is 0.370 e. The highest BCUT2D eigenvalue weighted by Gasteiger charge is 2.19. The molecule has 6 heteroatoms. The average molecular weight is 362 g/mol. The Labute approximate surface area is 156 Å². The number of rotatable bonds is 5. The second kappa shape index (κ2) is 9.21.